The van der Waals surface area contributed by atoms with Crippen molar-refractivity contribution in [1.82, 2.24) is 20.1 Å². The summed E-state index contributed by atoms with van der Waals surface area (Å²) < 4.78 is 5.01. The molecule has 0 saturated heterocycles. The molecule has 0 unspecified atom stereocenters. The number of nitrogens with two attached hydrogens (primary N) is 1. The Bertz CT molecular complexity index is 529. The number of rotatable bonds is 5. The molecule has 2 heterocycles. The quantitative estimate of drug-likeness (QED) is 0.613. The van der Waals surface area contributed by atoms with Crippen LogP contribution in [0.5, 0.6) is 0 Å². The van der Waals surface area contributed by atoms with Crippen LogP contribution in [0.15, 0.2) is 15.7 Å². The van der Waals surface area contributed by atoms with Gasteiger partial charge < -0.3 is 15.6 Å². The zero-order valence-electron chi connectivity index (χ0n) is 10.2. The highest BCUT2D eigenvalue weighted by Crippen LogP contribution is 2.15. The van der Waals surface area contributed by atoms with Crippen molar-refractivity contribution in [1.29, 1.82) is 0 Å². The standard InChI is InChI=1S/C10H14N6OS/c1-6-13-9(17-16-6)3-4-12-8-5-7(11)14-10(15-8)18-2/h5H,3-4H2,1-2H3,(H3,11,12,14,15). The van der Waals surface area contributed by atoms with Gasteiger partial charge in [0.05, 0.1) is 0 Å². The molecular weight excluding hydrogens is 252 g/mol. The minimum absolute atomic E-state index is 0.450. The second-order valence-electron chi connectivity index (χ2n) is 3.58. The molecule has 0 amide bonds. The zero-order chi connectivity index (χ0) is 13.0. The number of anilines is 2. The Kier molecular flexibility index (Phi) is 3.98. The predicted octanol–water partition coefficient (Wildman–Crippen LogP) is 1.13. The molecule has 0 aliphatic rings. The summed E-state index contributed by atoms with van der Waals surface area (Å²) in [5.74, 6) is 2.39. The van der Waals surface area contributed by atoms with Crippen LogP contribution in [0.4, 0.5) is 11.6 Å². The van der Waals surface area contributed by atoms with Crippen molar-refractivity contribution in [2.75, 3.05) is 23.9 Å². The van der Waals surface area contributed by atoms with E-state index in [0.29, 0.717) is 41.5 Å². The summed E-state index contributed by atoms with van der Waals surface area (Å²) in [6.07, 6.45) is 2.54. The van der Waals surface area contributed by atoms with E-state index in [9.17, 15) is 0 Å². The first-order valence-corrected chi connectivity index (χ1v) is 6.61. The van der Waals surface area contributed by atoms with E-state index in [2.05, 4.69) is 25.4 Å². The van der Waals surface area contributed by atoms with Crippen LogP contribution in [0, 0.1) is 6.92 Å². The lowest BCUT2D eigenvalue weighted by molar-refractivity contribution is 0.377. The number of thioether (sulfide) groups is 1. The van der Waals surface area contributed by atoms with Crippen molar-refractivity contribution in [3.8, 4) is 0 Å². The van der Waals surface area contributed by atoms with Gasteiger partial charge in [-0.15, -0.1) is 0 Å². The molecule has 3 N–H and O–H groups in total. The van der Waals surface area contributed by atoms with E-state index in [1.54, 1.807) is 13.0 Å². The van der Waals surface area contributed by atoms with Crippen molar-refractivity contribution < 1.29 is 4.52 Å². The van der Waals surface area contributed by atoms with Crippen LogP contribution < -0.4 is 11.1 Å². The number of nitrogens with zero attached hydrogens (tertiary/aromatic N) is 4. The molecule has 2 aromatic rings. The van der Waals surface area contributed by atoms with E-state index in [1.165, 1.54) is 11.8 Å². The fourth-order valence-electron chi connectivity index (χ4n) is 1.36. The maximum atomic E-state index is 5.68. The van der Waals surface area contributed by atoms with E-state index in [1.807, 2.05) is 6.26 Å². The van der Waals surface area contributed by atoms with E-state index in [4.69, 9.17) is 10.3 Å². The molecule has 2 rings (SSSR count). The highest BCUT2D eigenvalue weighted by atomic mass is 32.2. The molecule has 0 fully saturated rings. The van der Waals surface area contributed by atoms with Gasteiger partial charge in [-0.05, 0) is 13.2 Å². The van der Waals surface area contributed by atoms with Gasteiger partial charge in [0.1, 0.15) is 11.6 Å². The monoisotopic (exact) mass is 266 g/mol. The number of hydrogen-bond acceptors (Lipinski definition) is 8. The first-order chi connectivity index (χ1) is 8.67. The molecule has 0 radical (unpaired) electrons. The van der Waals surface area contributed by atoms with Crippen LogP contribution in [0.25, 0.3) is 0 Å². The summed E-state index contributed by atoms with van der Waals surface area (Å²) in [6, 6.07) is 1.69. The number of nitrogen functional groups attached to an aromatic ring is 1. The Morgan fingerprint density at radius 2 is 2.22 bits per heavy atom. The fourth-order valence-corrected chi connectivity index (χ4v) is 1.75. The Morgan fingerprint density at radius 1 is 1.39 bits per heavy atom. The van der Waals surface area contributed by atoms with Gasteiger partial charge >= 0.3 is 0 Å². The predicted molar refractivity (Wildman–Crippen MR) is 69.5 cm³/mol. The van der Waals surface area contributed by atoms with Gasteiger partial charge in [-0.3, -0.25) is 0 Å². The average molecular weight is 266 g/mol. The molecule has 0 bridgehead atoms. The molecule has 0 atom stereocenters. The van der Waals surface area contributed by atoms with Crippen molar-refractivity contribution in [3.05, 3.63) is 17.8 Å². The lowest BCUT2D eigenvalue weighted by atomic mass is 10.4. The van der Waals surface area contributed by atoms with Crippen LogP contribution in [-0.4, -0.2) is 32.9 Å². The third kappa shape index (κ3) is 3.33. The molecule has 8 heteroatoms. The summed E-state index contributed by atoms with van der Waals surface area (Å²) in [5, 5.41) is 7.51. The van der Waals surface area contributed by atoms with Crippen LogP contribution in [0.2, 0.25) is 0 Å². The second-order valence-corrected chi connectivity index (χ2v) is 4.35. The highest BCUT2D eigenvalue weighted by molar-refractivity contribution is 7.98. The minimum atomic E-state index is 0.450. The van der Waals surface area contributed by atoms with Crippen LogP contribution in [0.1, 0.15) is 11.7 Å². The summed E-state index contributed by atoms with van der Waals surface area (Å²) >= 11 is 1.45. The maximum Gasteiger partial charge on any atom is 0.228 e. The molecule has 0 saturated carbocycles. The fraction of sp³-hybridized carbons (Fsp3) is 0.400. The van der Waals surface area contributed by atoms with E-state index in [0.717, 1.165) is 0 Å². The third-order valence-corrected chi connectivity index (χ3v) is 2.67. The summed E-state index contributed by atoms with van der Waals surface area (Å²) in [5.41, 5.74) is 5.68. The summed E-state index contributed by atoms with van der Waals surface area (Å²) in [7, 11) is 0. The van der Waals surface area contributed by atoms with Crippen molar-refractivity contribution in [2.45, 2.75) is 18.5 Å². The second kappa shape index (κ2) is 5.67. The molecule has 0 aromatic carbocycles. The number of aromatic nitrogens is 4. The SMILES string of the molecule is CSc1nc(N)cc(NCCc2nc(C)no2)n1. The lowest BCUT2D eigenvalue weighted by Gasteiger charge is -2.05. The molecular formula is C10H14N6OS. The van der Waals surface area contributed by atoms with Gasteiger partial charge in [-0.25, -0.2) is 9.97 Å². The molecule has 96 valence electrons. The van der Waals surface area contributed by atoms with Gasteiger partial charge in [0.25, 0.3) is 0 Å². The van der Waals surface area contributed by atoms with Gasteiger partial charge in [-0.1, -0.05) is 16.9 Å². The molecule has 2 aromatic heterocycles. The van der Waals surface area contributed by atoms with Gasteiger partial charge in [0.2, 0.25) is 5.89 Å². The number of nitrogens with one attached hydrogen (secondary N) is 1. The smallest absolute Gasteiger partial charge is 0.228 e. The van der Waals surface area contributed by atoms with Gasteiger partial charge in [0.15, 0.2) is 11.0 Å². The first-order valence-electron chi connectivity index (χ1n) is 5.39. The molecule has 0 aliphatic heterocycles. The van der Waals surface area contributed by atoms with Crippen LogP contribution in [0.3, 0.4) is 0 Å². The van der Waals surface area contributed by atoms with Crippen molar-refractivity contribution in [3.63, 3.8) is 0 Å². The van der Waals surface area contributed by atoms with Crippen LogP contribution in [-0.2, 0) is 6.42 Å². The van der Waals surface area contributed by atoms with Crippen molar-refractivity contribution in [2.24, 2.45) is 0 Å². The Hall–Kier alpha value is -1.83. The highest BCUT2D eigenvalue weighted by Gasteiger charge is 2.04. The third-order valence-electron chi connectivity index (χ3n) is 2.12. The Morgan fingerprint density at radius 3 is 2.89 bits per heavy atom. The zero-order valence-corrected chi connectivity index (χ0v) is 11.0. The molecule has 7 nitrogen and oxygen atoms in total. The largest absolute Gasteiger partial charge is 0.383 e. The molecule has 0 aliphatic carbocycles. The Balaban J connectivity index is 1.91. The first kappa shape index (κ1) is 12.6. The number of hydrogen-bond donors (Lipinski definition) is 2. The minimum Gasteiger partial charge on any atom is -0.383 e. The summed E-state index contributed by atoms with van der Waals surface area (Å²) in [4.78, 5) is 12.5. The van der Waals surface area contributed by atoms with Gasteiger partial charge in [-0.2, -0.15) is 4.98 Å². The summed E-state index contributed by atoms with van der Waals surface area (Å²) in [6.45, 7) is 2.43. The van der Waals surface area contributed by atoms with Crippen LogP contribution >= 0.6 is 11.8 Å². The van der Waals surface area contributed by atoms with E-state index < -0.39 is 0 Å². The average Bonchev–Trinajstić information content (AvgIpc) is 2.74. The molecule has 0 spiro atoms. The van der Waals surface area contributed by atoms with E-state index in [-0.39, 0.29) is 0 Å². The lowest BCUT2D eigenvalue weighted by Crippen LogP contribution is -2.08. The Labute approximate surface area is 109 Å². The van der Waals surface area contributed by atoms with Crippen molar-refractivity contribution >= 4 is 23.4 Å². The normalized spacial score (nSPS) is 10.6. The van der Waals surface area contributed by atoms with E-state index >= 15 is 0 Å². The number of aryl methyl sites for hydroxylation is 1. The molecule has 18 heavy (non-hydrogen) atoms. The maximum absolute atomic E-state index is 5.68. The topological polar surface area (TPSA) is 103 Å². The van der Waals surface area contributed by atoms with Gasteiger partial charge in [0, 0.05) is 19.0 Å².